The zero-order valence-corrected chi connectivity index (χ0v) is 11.4. The Bertz CT molecular complexity index is 646. The van der Waals surface area contributed by atoms with Crippen LogP contribution in [0.4, 0.5) is 0 Å². The molecule has 2 aromatic heterocycles. The topological polar surface area (TPSA) is 50.5 Å². The van der Waals surface area contributed by atoms with Gasteiger partial charge >= 0.3 is 0 Å². The fraction of sp³-hybridized carbons (Fsp3) is 0.533. The molecular formula is C15H18N4O. The third kappa shape index (κ3) is 1.72. The lowest BCUT2D eigenvalue weighted by atomic mass is 9.84. The molecule has 2 aromatic rings. The molecule has 20 heavy (non-hydrogen) atoms. The molecule has 1 amide bonds. The third-order valence-corrected chi connectivity index (χ3v) is 4.63. The summed E-state index contributed by atoms with van der Waals surface area (Å²) in [6.07, 6.45) is 7.35. The van der Waals surface area contributed by atoms with Gasteiger partial charge in [-0.05, 0) is 37.8 Å². The summed E-state index contributed by atoms with van der Waals surface area (Å²) in [5, 5.41) is 8.54. The van der Waals surface area contributed by atoms with E-state index in [0.717, 1.165) is 43.7 Å². The average Bonchev–Trinajstić information content (AvgIpc) is 3.02. The van der Waals surface area contributed by atoms with Crippen LogP contribution in [0.3, 0.4) is 0 Å². The van der Waals surface area contributed by atoms with Gasteiger partial charge in [0.15, 0.2) is 11.5 Å². The number of amides is 1. The minimum atomic E-state index is 0.0977. The molecule has 1 aliphatic carbocycles. The fourth-order valence-corrected chi connectivity index (χ4v) is 3.28. The van der Waals surface area contributed by atoms with Gasteiger partial charge in [-0.2, -0.15) is 0 Å². The summed E-state index contributed by atoms with van der Waals surface area (Å²) in [5.41, 5.74) is 0.852. The molecular weight excluding hydrogens is 252 g/mol. The third-order valence-electron chi connectivity index (χ3n) is 4.63. The van der Waals surface area contributed by atoms with Crippen LogP contribution in [0.2, 0.25) is 0 Å². The molecule has 1 saturated carbocycles. The molecule has 5 nitrogen and oxygen atoms in total. The first-order chi connectivity index (χ1) is 9.84. The van der Waals surface area contributed by atoms with Crippen LogP contribution in [0.15, 0.2) is 24.4 Å². The molecule has 0 spiro atoms. The molecule has 2 fully saturated rings. The van der Waals surface area contributed by atoms with Gasteiger partial charge in [-0.25, -0.2) is 0 Å². The van der Waals surface area contributed by atoms with Crippen LogP contribution in [0.1, 0.15) is 44.0 Å². The molecule has 1 aliphatic heterocycles. The summed E-state index contributed by atoms with van der Waals surface area (Å²) >= 11 is 0. The van der Waals surface area contributed by atoms with Gasteiger partial charge in [0.25, 0.3) is 0 Å². The molecule has 0 aromatic carbocycles. The highest BCUT2D eigenvalue weighted by Gasteiger charge is 2.38. The standard InChI is InChI=1S/C15H18N4O/c20-15(11-5-3-6-11)18-10-4-7-12(18)14-17-16-13-8-1-2-9-19(13)14/h1-2,8-9,11-12H,3-7,10H2. The summed E-state index contributed by atoms with van der Waals surface area (Å²) < 4.78 is 2.01. The second kappa shape index (κ2) is 4.58. The Kier molecular flexibility index (Phi) is 2.72. The molecule has 2 aliphatic rings. The monoisotopic (exact) mass is 270 g/mol. The van der Waals surface area contributed by atoms with Crippen LogP contribution in [0, 0.1) is 5.92 Å². The summed E-state index contributed by atoms with van der Waals surface area (Å²) in [7, 11) is 0. The van der Waals surface area contributed by atoms with Crippen LogP contribution in [-0.2, 0) is 4.79 Å². The number of likely N-dealkylation sites (tertiary alicyclic amines) is 1. The van der Waals surface area contributed by atoms with Crippen molar-refractivity contribution >= 4 is 11.6 Å². The second-order valence-electron chi connectivity index (χ2n) is 5.80. The summed E-state index contributed by atoms with van der Waals surface area (Å²) in [5.74, 6) is 1.49. The van der Waals surface area contributed by atoms with E-state index in [2.05, 4.69) is 10.2 Å². The van der Waals surface area contributed by atoms with Gasteiger partial charge in [-0.3, -0.25) is 9.20 Å². The van der Waals surface area contributed by atoms with Crippen molar-refractivity contribution in [3.05, 3.63) is 30.2 Å². The summed E-state index contributed by atoms with van der Waals surface area (Å²) in [4.78, 5) is 14.6. The van der Waals surface area contributed by atoms with Crippen molar-refractivity contribution in [3.63, 3.8) is 0 Å². The van der Waals surface area contributed by atoms with Crippen molar-refractivity contribution in [1.29, 1.82) is 0 Å². The minimum absolute atomic E-state index is 0.0977. The highest BCUT2D eigenvalue weighted by Crippen LogP contribution is 2.36. The van der Waals surface area contributed by atoms with Crippen molar-refractivity contribution in [1.82, 2.24) is 19.5 Å². The van der Waals surface area contributed by atoms with Crippen molar-refractivity contribution in [2.24, 2.45) is 5.92 Å². The molecule has 1 saturated heterocycles. The molecule has 1 atom stereocenters. The van der Waals surface area contributed by atoms with E-state index in [1.165, 1.54) is 6.42 Å². The number of carbonyl (C=O) groups is 1. The van der Waals surface area contributed by atoms with Crippen molar-refractivity contribution in [2.45, 2.75) is 38.1 Å². The van der Waals surface area contributed by atoms with E-state index in [1.807, 2.05) is 33.7 Å². The van der Waals surface area contributed by atoms with E-state index in [-0.39, 0.29) is 12.0 Å². The Balaban J connectivity index is 1.67. The van der Waals surface area contributed by atoms with E-state index in [0.29, 0.717) is 5.91 Å². The van der Waals surface area contributed by atoms with E-state index < -0.39 is 0 Å². The van der Waals surface area contributed by atoms with E-state index >= 15 is 0 Å². The molecule has 4 rings (SSSR count). The predicted molar refractivity (Wildman–Crippen MR) is 74.0 cm³/mol. The number of carbonyl (C=O) groups excluding carboxylic acids is 1. The van der Waals surface area contributed by atoms with Crippen molar-refractivity contribution in [2.75, 3.05) is 6.54 Å². The van der Waals surface area contributed by atoms with Crippen LogP contribution in [0.25, 0.3) is 5.65 Å². The van der Waals surface area contributed by atoms with Crippen LogP contribution < -0.4 is 0 Å². The quantitative estimate of drug-likeness (QED) is 0.840. The first kappa shape index (κ1) is 11.9. The van der Waals surface area contributed by atoms with Gasteiger partial charge in [0.1, 0.15) is 0 Å². The largest absolute Gasteiger partial charge is 0.332 e. The molecule has 5 heteroatoms. The lowest BCUT2D eigenvalue weighted by Crippen LogP contribution is -2.38. The first-order valence-corrected chi connectivity index (χ1v) is 7.45. The molecule has 0 radical (unpaired) electrons. The zero-order chi connectivity index (χ0) is 13.5. The predicted octanol–water partition coefficient (Wildman–Crippen LogP) is 2.19. The van der Waals surface area contributed by atoms with Gasteiger partial charge in [-0.15, -0.1) is 10.2 Å². The number of aromatic nitrogens is 3. The van der Waals surface area contributed by atoms with E-state index in [1.54, 1.807) is 0 Å². The first-order valence-electron chi connectivity index (χ1n) is 7.45. The average molecular weight is 270 g/mol. The number of nitrogens with zero attached hydrogens (tertiary/aromatic N) is 4. The Morgan fingerprint density at radius 2 is 2.05 bits per heavy atom. The van der Waals surface area contributed by atoms with Gasteiger partial charge in [-0.1, -0.05) is 12.5 Å². The Morgan fingerprint density at radius 3 is 2.85 bits per heavy atom. The maximum absolute atomic E-state index is 12.5. The molecule has 3 heterocycles. The van der Waals surface area contributed by atoms with Crippen LogP contribution >= 0.6 is 0 Å². The molecule has 0 N–H and O–H groups in total. The zero-order valence-electron chi connectivity index (χ0n) is 11.4. The Labute approximate surface area is 117 Å². The number of rotatable bonds is 2. The highest BCUT2D eigenvalue weighted by molar-refractivity contribution is 5.80. The number of hydrogen-bond acceptors (Lipinski definition) is 3. The smallest absolute Gasteiger partial charge is 0.226 e. The number of fused-ring (bicyclic) bond motifs is 1. The van der Waals surface area contributed by atoms with Crippen LogP contribution in [0.5, 0.6) is 0 Å². The fourth-order valence-electron chi connectivity index (χ4n) is 3.28. The maximum atomic E-state index is 12.5. The molecule has 1 unspecified atom stereocenters. The van der Waals surface area contributed by atoms with Gasteiger partial charge in [0.05, 0.1) is 6.04 Å². The lowest BCUT2D eigenvalue weighted by Gasteiger charge is -2.32. The summed E-state index contributed by atoms with van der Waals surface area (Å²) in [6.45, 7) is 0.863. The number of hydrogen-bond donors (Lipinski definition) is 0. The SMILES string of the molecule is O=C(C1CCC1)N1CCCC1c1nnc2ccccn12. The van der Waals surface area contributed by atoms with Crippen molar-refractivity contribution < 1.29 is 4.79 Å². The number of pyridine rings is 1. The van der Waals surface area contributed by atoms with E-state index in [9.17, 15) is 4.79 Å². The van der Waals surface area contributed by atoms with Crippen LogP contribution in [-0.4, -0.2) is 31.9 Å². The Hall–Kier alpha value is -1.91. The maximum Gasteiger partial charge on any atom is 0.226 e. The van der Waals surface area contributed by atoms with Gasteiger partial charge < -0.3 is 4.90 Å². The van der Waals surface area contributed by atoms with Crippen molar-refractivity contribution in [3.8, 4) is 0 Å². The van der Waals surface area contributed by atoms with E-state index in [4.69, 9.17) is 0 Å². The molecule has 104 valence electrons. The Morgan fingerprint density at radius 1 is 1.15 bits per heavy atom. The summed E-state index contributed by atoms with van der Waals surface area (Å²) in [6, 6.07) is 5.98. The van der Waals surface area contributed by atoms with Gasteiger partial charge in [0, 0.05) is 18.7 Å². The molecule has 0 bridgehead atoms. The lowest BCUT2D eigenvalue weighted by molar-refractivity contribution is -0.139. The highest BCUT2D eigenvalue weighted by atomic mass is 16.2. The normalized spacial score (nSPS) is 23.2. The van der Waals surface area contributed by atoms with Gasteiger partial charge in [0.2, 0.25) is 5.91 Å². The minimum Gasteiger partial charge on any atom is -0.332 e. The second-order valence-corrected chi connectivity index (χ2v) is 5.80.